The van der Waals surface area contributed by atoms with Crippen LogP contribution in [0.15, 0.2) is 82.9 Å². The predicted molar refractivity (Wildman–Crippen MR) is 220 cm³/mol. The van der Waals surface area contributed by atoms with Crippen LogP contribution < -0.4 is 11.1 Å². The second-order valence-electron chi connectivity index (χ2n) is 15.3. The molecule has 4 unspecified atom stereocenters. The summed E-state index contributed by atoms with van der Waals surface area (Å²) in [6.45, 7) is 5.23. The molecule has 4 atom stereocenters. The molecule has 4 N–H and O–H groups in total. The van der Waals surface area contributed by atoms with Crippen LogP contribution in [0.4, 0.5) is 0 Å². The van der Waals surface area contributed by atoms with Crippen LogP contribution >= 0.6 is 23.2 Å². The van der Waals surface area contributed by atoms with Crippen LogP contribution in [0.1, 0.15) is 24.2 Å². The van der Waals surface area contributed by atoms with Gasteiger partial charge in [-0.05, 0) is 26.0 Å². The Morgan fingerprint density at radius 2 is 1.00 bits per heavy atom. The molecule has 6 aromatic rings. The number of aliphatic carboxylic acids is 2. The molecule has 0 spiro atoms. The van der Waals surface area contributed by atoms with Gasteiger partial charge in [0.25, 0.3) is 11.1 Å². The number of β-amino-alcohol motifs (C(OH)–C–C–N with tert-alkyl or cyclic N) is 2. The van der Waals surface area contributed by atoms with Crippen molar-refractivity contribution in [3.63, 3.8) is 0 Å². The first-order valence-corrected chi connectivity index (χ1v) is 19.8. The van der Waals surface area contributed by atoms with E-state index in [1.54, 1.807) is 39.9 Å². The van der Waals surface area contributed by atoms with Gasteiger partial charge in [-0.3, -0.25) is 29.0 Å². The summed E-state index contributed by atoms with van der Waals surface area (Å²) >= 11 is 14.3. The molecule has 0 radical (unpaired) electrons. The summed E-state index contributed by atoms with van der Waals surface area (Å²) in [7, 11) is 0. The number of aromatic nitrogens is 4. The van der Waals surface area contributed by atoms with E-state index in [2.05, 4.69) is 0 Å². The molecular weight excluding hydrogens is 787 g/mol. The largest absolute Gasteiger partial charge is 0.480 e. The Labute approximate surface area is 341 Å². The lowest BCUT2D eigenvalue weighted by Gasteiger charge is -2.21. The predicted octanol–water partition coefficient (Wildman–Crippen LogP) is 4.48. The van der Waals surface area contributed by atoms with E-state index in [0.717, 1.165) is 0 Å². The second kappa shape index (κ2) is 15.5. The zero-order valence-corrected chi connectivity index (χ0v) is 33.3. The molecule has 2 aliphatic rings. The molecule has 302 valence electrons. The maximum atomic E-state index is 13.8. The zero-order chi connectivity index (χ0) is 41.2. The van der Waals surface area contributed by atoms with Gasteiger partial charge in [0.05, 0.1) is 22.3 Å². The van der Waals surface area contributed by atoms with Crippen LogP contribution in [0.2, 0.25) is 10.0 Å². The molecule has 14 nitrogen and oxygen atoms in total. The van der Waals surface area contributed by atoms with Crippen molar-refractivity contribution in [1.82, 2.24) is 27.7 Å². The fraction of sp³-hybridized carbons (Fsp3) is 0.333. The first-order valence-electron chi connectivity index (χ1n) is 19.0. The van der Waals surface area contributed by atoms with Crippen molar-refractivity contribution in [2.45, 2.75) is 64.1 Å². The van der Waals surface area contributed by atoms with Crippen molar-refractivity contribution in [2.24, 2.45) is 0 Å². The molecule has 0 amide bonds. The summed E-state index contributed by atoms with van der Waals surface area (Å²) in [5.41, 5.74) is 5.91. The summed E-state index contributed by atoms with van der Waals surface area (Å²) in [6.07, 6.45) is 6.23. The van der Waals surface area contributed by atoms with Crippen molar-refractivity contribution in [2.75, 3.05) is 26.2 Å². The summed E-state index contributed by atoms with van der Waals surface area (Å²) in [6, 6.07) is 13.2. The summed E-state index contributed by atoms with van der Waals surface area (Å²) < 4.78 is 6.75. The highest BCUT2D eigenvalue weighted by molar-refractivity contribution is 6.39. The SMILES string of the molecule is Cc1cn2cc(-c3cccc(-c4cccc(-c5cc6c(=O)n(CCN7CC(O)CC7C(=O)O)c(C)cn6c5)c4Cl)c3Cl)cc2c(=O)n1CCN1CC(O)CC1C(=O)O. The van der Waals surface area contributed by atoms with E-state index in [9.17, 15) is 39.6 Å². The monoisotopic (exact) mass is 828 g/mol. The number of carbonyl (C=O) groups is 2. The molecule has 6 heterocycles. The van der Waals surface area contributed by atoms with E-state index >= 15 is 0 Å². The van der Waals surface area contributed by atoms with Crippen molar-refractivity contribution in [3.8, 4) is 33.4 Å². The number of carboxylic acids is 2. The van der Waals surface area contributed by atoms with E-state index < -0.39 is 36.2 Å². The number of aliphatic hydroxyl groups is 2. The number of likely N-dealkylation sites (tertiary alicyclic amines) is 2. The number of hydrogen-bond acceptors (Lipinski definition) is 8. The zero-order valence-electron chi connectivity index (χ0n) is 31.8. The summed E-state index contributed by atoms with van der Waals surface area (Å²) in [4.78, 5) is 54.4. The van der Waals surface area contributed by atoms with Gasteiger partial charge in [0.15, 0.2) is 0 Å². The highest BCUT2D eigenvalue weighted by Gasteiger charge is 2.37. The van der Waals surface area contributed by atoms with Gasteiger partial charge in [-0.25, -0.2) is 0 Å². The first-order chi connectivity index (χ1) is 27.7. The van der Waals surface area contributed by atoms with Gasteiger partial charge in [-0.15, -0.1) is 0 Å². The van der Waals surface area contributed by atoms with Gasteiger partial charge in [0.1, 0.15) is 23.1 Å². The fourth-order valence-electron chi connectivity index (χ4n) is 8.65. The molecule has 16 heteroatoms. The number of fused-ring (bicyclic) bond motifs is 2. The molecular formula is C42H42Cl2N6O8. The molecule has 2 aromatic carbocycles. The minimum atomic E-state index is -0.994. The highest BCUT2D eigenvalue weighted by atomic mass is 35.5. The van der Waals surface area contributed by atoms with Crippen LogP contribution in [0, 0.1) is 13.8 Å². The lowest BCUT2D eigenvalue weighted by atomic mass is 9.97. The Bertz CT molecular complexity index is 2550. The second-order valence-corrected chi connectivity index (χ2v) is 16.1. The Morgan fingerprint density at radius 3 is 1.38 bits per heavy atom. The quantitative estimate of drug-likeness (QED) is 0.146. The molecule has 0 aliphatic carbocycles. The standard InChI is InChI=1S/C42H42Cl2N6O8/c1-23-17-47-19-25(13-33(47)39(53)49(23)11-9-45-21-27(51)15-35(45)41(55)56)29-5-3-7-31(37(29)43)32-8-4-6-30(38(32)44)26-14-34-40(54)50(24(2)18-48(34)20-26)12-10-46-22-28(52)16-36(46)42(57)58/h3-8,13-14,17-20,27-28,35-36,51-52H,9-12,15-16,21-22H2,1-2H3,(H,55,56)(H,57,58). The molecule has 0 saturated carbocycles. The minimum Gasteiger partial charge on any atom is -0.480 e. The van der Waals surface area contributed by atoms with E-state index in [1.807, 2.05) is 75.0 Å². The third-order valence-corrected chi connectivity index (χ3v) is 12.4. The molecule has 2 aliphatic heterocycles. The molecule has 58 heavy (non-hydrogen) atoms. The lowest BCUT2D eigenvalue weighted by Crippen LogP contribution is -2.39. The number of nitrogens with zero attached hydrogens (tertiary/aromatic N) is 6. The maximum Gasteiger partial charge on any atom is 0.321 e. The van der Waals surface area contributed by atoms with Crippen LogP contribution in [-0.4, -0.2) is 111 Å². The van der Waals surface area contributed by atoms with E-state index in [1.165, 1.54) is 0 Å². The van der Waals surface area contributed by atoms with Crippen LogP contribution in [0.25, 0.3) is 44.4 Å². The third kappa shape index (κ3) is 7.14. The van der Waals surface area contributed by atoms with Gasteiger partial charge in [0.2, 0.25) is 0 Å². The Hall–Kier alpha value is -5.22. The van der Waals surface area contributed by atoms with E-state index in [4.69, 9.17) is 23.2 Å². The normalized spacial score (nSPS) is 20.2. The van der Waals surface area contributed by atoms with Crippen molar-refractivity contribution in [1.29, 1.82) is 0 Å². The molecule has 0 bridgehead atoms. The Morgan fingerprint density at radius 1 is 0.621 bits per heavy atom. The average Bonchev–Trinajstić information content (AvgIpc) is 3.97. The number of aliphatic hydroxyl groups excluding tert-OH is 2. The van der Waals surface area contributed by atoms with E-state index in [0.29, 0.717) is 78.9 Å². The van der Waals surface area contributed by atoms with Gasteiger partial charge in [0, 0.05) is 122 Å². The highest BCUT2D eigenvalue weighted by Crippen LogP contribution is 2.43. The Balaban J connectivity index is 1.07. The van der Waals surface area contributed by atoms with Crippen LogP contribution in [0.5, 0.6) is 0 Å². The molecule has 2 saturated heterocycles. The number of carboxylic acid groups (broad SMARTS) is 2. The van der Waals surface area contributed by atoms with Gasteiger partial charge in [-0.1, -0.05) is 59.6 Å². The van der Waals surface area contributed by atoms with Gasteiger partial charge in [-0.2, -0.15) is 0 Å². The third-order valence-electron chi connectivity index (χ3n) is 11.6. The van der Waals surface area contributed by atoms with Crippen molar-refractivity contribution < 1.29 is 30.0 Å². The van der Waals surface area contributed by atoms with Crippen LogP contribution in [0.3, 0.4) is 0 Å². The number of benzene rings is 2. The molecule has 8 rings (SSSR count). The first kappa shape index (κ1) is 39.6. The number of aryl methyl sites for hydroxylation is 2. The smallest absolute Gasteiger partial charge is 0.321 e. The maximum absolute atomic E-state index is 13.8. The van der Waals surface area contributed by atoms with E-state index in [-0.39, 0.29) is 50.1 Å². The fourth-order valence-corrected chi connectivity index (χ4v) is 9.33. The topological polar surface area (TPSA) is 174 Å². The number of rotatable bonds is 11. The molecule has 4 aromatic heterocycles. The summed E-state index contributed by atoms with van der Waals surface area (Å²) in [5.74, 6) is -1.99. The lowest BCUT2D eigenvalue weighted by molar-refractivity contribution is -0.143. The summed E-state index contributed by atoms with van der Waals surface area (Å²) in [5, 5.41) is 40.2. The van der Waals surface area contributed by atoms with Crippen molar-refractivity contribution >= 4 is 46.2 Å². The van der Waals surface area contributed by atoms with Gasteiger partial charge < -0.3 is 38.4 Å². The van der Waals surface area contributed by atoms with Crippen LogP contribution in [-0.2, 0) is 22.7 Å². The Kier molecular flexibility index (Phi) is 10.6. The minimum absolute atomic E-state index is 0.151. The number of halogens is 2. The molecule has 2 fully saturated rings. The van der Waals surface area contributed by atoms with Gasteiger partial charge >= 0.3 is 11.9 Å². The number of hydrogen-bond donors (Lipinski definition) is 4. The average molecular weight is 830 g/mol. The van der Waals surface area contributed by atoms with Crippen molar-refractivity contribution in [3.05, 3.63) is 115 Å².